The average molecular weight is 543 g/mol. The second-order valence-corrected chi connectivity index (χ2v) is 9.77. The molecule has 3 aromatic carbocycles. The van der Waals surface area contributed by atoms with Crippen molar-refractivity contribution in [3.8, 4) is 5.75 Å². The molecule has 0 spiro atoms. The Bertz CT molecular complexity index is 1330. The number of anilines is 1. The first-order valence-electron chi connectivity index (χ1n) is 13.2. The Labute approximate surface area is 233 Å². The van der Waals surface area contributed by atoms with Crippen LogP contribution >= 0.6 is 0 Å². The molecule has 2 atom stereocenters. The maximum absolute atomic E-state index is 13.1. The number of hydrogen-bond acceptors (Lipinski definition) is 6. The highest BCUT2D eigenvalue weighted by atomic mass is 16.5. The second kappa shape index (κ2) is 13.4. The summed E-state index contributed by atoms with van der Waals surface area (Å²) in [4.78, 5) is 39.5. The highest BCUT2D eigenvalue weighted by Gasteiger charge is 2.40. The molecule has 40 heavy (non-hydrogen) atoms. The van der Waals surface area contributed by atoms with E-state index in [0.717, 1.165) is 12.8 Å². The molecular formula is C31H34N4O5. The fraction of sp³-hybridized carbons (Fsp3) is 0.290. The lowest BCUT2D eigenvalue weighted by atomic mass is 10.0. The molecule has 1 aliphatic rings. The summed E-state index contributed by atoms with van der Waals surface area (Å²) in [6, 6.07) is 23.5. The largest absolute Gasteiger partial charge is 0.491 e. The summed E-state index contributed by atoms with van der Waals surface area (Å²) < 4.78 is 10.8. The quantitative estimate of drug-likeness (QED) is 0.180. The lowest BCUT2D eigenvalue weighted by Gasteiger charge is -2.25. The van der Waals surface area contributed by atoms with Gasteiger partial charge < -0.3 is 25.4 Å². The van der Waals surface area contributed by atoms with E-state index in [-0.39, 0.29) is 36.7 Å². The van der Waals surface area contributed by atoms with Gasteiger partial charge in [0.05, 0.1) is 25.5 Å². The number of likely N-dealkylation sites (tertiary alicyclic amines) is 1. The minimum atomic E-state index is -0.423. The minimum Gasteiger partial charge on any atom is -0.491 e. The van der Waals surface area contributed by atoms with Crippen LogP contribution in [0.4, 0.5) is 5.69 Å². The van der Waals surface area contributed by atoms with Gasteiger partial charge in [-0.15, -0.1) is 0 Å². The predicted octanol–water partition coefficient (Wildman–Crippen LogP) is 4.01. The van der Waals surface area contributed by atoms with Gasteiger partial charge in [-0.25, -0.2) is 0 Å². The summed E-state index contributed by atoms with van der Waals surface area (Å²) in [5.41, 5.74) is 8.31. The molecule has 0 aliphatic carbocycles. The molecule has 1 fully saturated rings. The number of nitrogens with zero attached hydrogens (tertiary/aromatic N) is 1. The van der Waals surface area contributed by atoms with Crippen LogP contribution in [0.25, 0.3) is 0 Å². The van der Waals surface area contributed by atoms with Crippen molar-refractivity contribution >= 4 is 29.3 Å². The molecule has 208 valence electrons. The number of rotatable bonds is 12. The van der Waals surface area contributed by atoms with Crippen LogP contribution in [0.2, 0.25) is 0 Å². The molecule has 4 rings (SSSR count). The van der Waals surface area contributed by atoms with Crippen LogP contribution < -0.4 is 15.8 Å². The van der Waals surface area contributed by atoms with Gasteiger partial charge in [-0.2, -0.15) is 0 Å². The fourth-order valence-corrected chi connectivity index (χ4v) is 4.81. The number of nitrogen functional groups attached to an aromatic ring is 1. The number of carbonyl (C=O) groups excluding carboxylic acids is 3. The van der Waals surface area contributed by atoms with Crippen LogP contribution in [-0.4, -0.2) is 54.8 Å². The molecule has 0 radical (unpaired) electrons. The number of amides is 2. The number of hydrogen-bond donors (Lipinski definition) is 3. The van der Waals surface area contributed by atoms with Crippen LogP contribution in [0.1, 0.15) is 40.7 Å². The van der Waals surface area contributed by atoms with E-state index in [1.807, 2.05) is 23.1 Å². The summed E-state index contributed by atoms with van der Waals surface area (Å²) in [6.07, 6.45) is 2.23. The molecule has 0 aromatic heterocycles. The molecule has 0 saturated carbocycles. The zero-order valence-corrected chi connectivity index (χ0v) is 22.5. The van der Waals surface area contributed by atoms with Crippen molar-refractivity contribution in [2.75, 3.05) is 25.6 Å². The Hall–Kier alpha value is -4.66. The third-order valence-electron chi connectivity index (χ3n) is 6.99. The van der Waals surface area contributed by atoms with Crippen molar-refractivity contribution < 1.29 is 23.9 Å². The number of nitrogens with two attached hydrogens (primary N) is 1. The molecule has 1 heterocycles. The van der Waals surface area contributed by atoms with E-state index in [0.29, 0.717) is 35.5 Å². The van der Waals surface area contributed by atoms with Gasteiger partial charge >= 0.3 is 5.97 Å². The lowest BCUT2D eigenvalue weighted by Crippen LogP contribution is -2.38. The first-order valence-corrected chi connectivity index (χ1v) is 13.2. The van der Waals surface area contributed by atoms with Gasteiger partial charge in [-0.3, -0.25) is 19.8 Å². The highest BCUT2D eigenvalue weighted by Crippen LogP contribution is 2.29. The van der Waals surface area contributed by atoms with Crippen LogP contribution in [-0.2, 0) is 20.7 Å². The minimum absolute atomic E-state index is 0.0373. The number of carbonyl (C=O) groups is 3. The predicted molar refractivity (Wildman–Crippen MR) is 152 cm³/mol. The number of amidine groups is 1. The van der Waals surface area contributed by atoms with Crippen molar-refractivity contribution in [1.82, 2.24) is 4.90 Å². The molecule has 1 aliphatic heterocycles. The maximum atomic E-state index is 13.1. The van der Waals surface area contributed by atoms with Gasteiger partial charge in [0.1, 0.15) is 18.2 Å². The van der Waals surface area contributed by atoms with E-state index in [1.54, 1.807) is 48.5 Å². The van der Waals surface area contributed by atoms with Gasteiger partial charge in [0.2, 0.25) is 5.91 Å². The van der Waals surface area contributed by atoms with Crippen LogP contribution in [0.3, 0.4) is 0 Å². The molecule has 0 bridgehead atoms. The summed E-state index contributed by atoms with van der Waals surface area (Å²) in [5.74, 6) is -0.601. The Morgan fingerprint density at radius 2 is 1.68 bits per heavy atom. The Balaban J connectivity index is 1.34. The van der Waals surface area contributed by atoms with E-state index >= 15 is 0 Å². The molecule has 1 saturated heterocycles. The molecule has 9 heteroatoms. The van der Waals surface area contributed by atoms with E-state index in [2.05, 4.69) is 17.4 Å². The van der Waals surface area contributed by atoms with Crippen molar-refractivity contribution in [1.29, 1.82) is 5.41 Å². The smallest absolute Gasteiger partial charge is 0.306 e. The molecule has 2 amide bonds. The standard InChI is InChI=1S/C31H34N4O5/c1-39-28(36)19-24-18-26(35(31(24)38)17-5-8-21-6-3-2-4-7-21)20-40-27-15-11-23(12-16-27)30(37)34-25-13-9-22(10-14-25)29(32)33/h2-4,6-7,9-16,24,26H,5,8,17-20H2,1H3,(H3,32,33)(H,34,37)/t24-,26-/m0/s1. The van der Waals surface area contributed by atoms with Crippen molar-refractivity contribution in [3.63, 3.8) is 0 Å². The van der Waals surface area contributed by atoms with Crippen molar-refractivity contribution in [3.05, 3.63) is 95.6 Å². The molecular weight excluding hydrogens is 508 g/mol. The number of aryl methyl sites for hydroxylation is 1. The number of nitrogens with one attached hydrogen (secondary N) is 2. The van der Waals surface area contributed by atoms with Crippen LogP contribution in [0.15, 0.2) is 78.9 Å². The first-order chi connectivity index (χ1) is 19.3. The van der Waals surface area contributed by atoms with Crippen LogP contribution in [0, 0.1) is 11.3 Å². The Kier molecular flexibility index (Phi) is 9.51. The molecule has 0 unspecified atom stereocenters. The third-order valence-corrected chi connectivity index (χ3v) is 6.99. The summed E-state index contributed by atoms with van der Waals surface area (Å²) in [6.45, 7) is 0.856. The third kappa shape index (κ3) is 7.47. The van der Waals surface area contributed by atoms with E-state index in [1.165, 1.54) is 12.7 Å². The number of benzene rings is 3. The zero-order valence-electron chi connectivity index (χ0n) is 22.5. The number of ether oxygens (including phenoxy) is 2. The Morgan fingerprint density at radius 3 is 2.33 bits per heavy atom. The monoisotopic (exact) mass is 542 g/mol. The molecule has 9 nitrogen and oxygen atoms in total. The Morgan fingerprint density at radius 1 is 1.00 bits per heavy atom. The van der Waals surface area contributed by atoms with E-state index in [4.69, 9.17) is 20.6 Å². The van der Waals surface area contributed by atoms with E-state index < -0.39 is 11.9 Å². The molecule has 3 aromatic rings. The normalized spacial score (nSPS) is 16.4. The topological polar surface area (TPSA) is 135 Å². The summed E-state index contributed by atoms with van der Waals surface area (Å²) >= 11 is 0. The number of methoxy groups -OCH3 is 1. The fourth-order valence-electron chi connectivity index (χ4n) is 4.81. The zero-order chi connectivity index (χ0) is 28.5. The van der Waals surface area contributed by atoms with E-state index in [9.17, 15) is 14.4 Å². The van der Waals surface area contributed by atoms with Crippen LogP contribution in [0.5, 0.6) is 5.75 Å². The second-order valence-electron chi connectivity index (χ2n) is 9.77. The van der Waals surface area contributed by atoms with Gasteiger partial charge in [0.15, 0.2) is 0 Å². The first kappa shape index (κ1) is 28.4. The summed E-state index contributed by atoms with van der Waals surface area (Å²) in [7, 11) is 1.33. The highest BCUT2D eigenvalue weighted by molar-refractivity contribution is 6.04. The summed E-state index contributed by atoms with van der Waals surface area (Å²) in [5, 5.41) is 10.3. The SMILES string of the molecule is COC(=O)C[C@@H]1C[C@@H](COc2ccc(C(=O)Nc3ccc(C(=N)N)cc3)cc2)N(CCCc2ccccc2)C1=O. The van der Waals surface area contributed by atoms with Gasteiger partial charge in [0.25, 0.3) is 5.91 Å². The van der Waals surface area contributed by atoms with Crippen molar-refractivity contribution in [2.45, 2.75) is 31.7 Å². The van der Waals surface area contributed by atoms with Gasteiger partial charge in [-0.1, -0.05) is 30.3 Å². The maximum Gasteiger partial charge on any atom is 0.306 e. The average Bonchev–Trinajstić information content (AvgIpc) is 3.26. The lowest BCUT2D eigenvalue weighted by molar-refractivity contribution is -0.144. The van der Waals surface area contributed by atoms with Crippen molar-refractivity contribution in [2.24, 2.45) is 11.7 Å². The van der Waals surface area contributed by atoms with Gasteiger partial charge in [-0.05, 0) is 73.4 Å². The van der Waals surface area contributed by atoms with Gasteiger partial charge in [0, 0.05) is 23.4 Å². The molecule has 4 N–H and O–H groups in total. The number of esters is 1.